The van der Waals surface area contributed by atoms with Crippen molar-refractivity contribution >= 4 is 39.7 Å². The molecule has 1 aromatic heterocycles. The Bertz CT molecular complexity index is 689. The Morgan fingerprint density at radius 1 is 1.40 bits per heavy atom. The molecule has 7 nitrogen and oxygen atoms in total. The van der Waals surface area contributed by atoms with Gasteiger partial charge in [-0.25, -0.2) is 8.42 Å². The maximum atomic E-state index is 12.8. The van der Waals surface area contributed by atoms with Gasteiger partial charge in [0.05, 0.1) is 13.2 Å². The highest BCUT2D eigenvalue weighted by Gasteiger charge is 2.32. The molecular weight excluding hydrogens is 386 g/mol. The molecule has 2 atom stereocenters. The highest BCUT2D eigenvalue weighted by Crippen LogP contribution is 2.26. The SMILES string of the molecule is CC1CCNCC1NC(=O)c1sccc1S(=O)(=O)N1CCOCC1.Cl. The van der Waals surface area contributed by atoms with Crippen molar-refractivity contribution in [3.05, 3.63) is 16.3 Å². The van der Waals surface area contributed by atoms with Gasteiger partial charge in [0.25, 0.3) is 5.91 Å². The van der Waals surface area contributed by atoms with Crippen LogP contribution in [0.1, 0.15) is 23.0 Å². The Kier molecular flexibility index (Phi) is 7.24. The van der Waals surface area contributed by atoms with E-state index < -0.39 is 10.0 Å². The highest BCUT2D eigenvalue weighted by molar-refractivity contribution is 7.89. The number of carbonyl (C=O) groups excluding carboxylic acids is 1. The number of amides is 1. The van der Waals surface area contributed by atoms with Crippen LogP contribution in [0.4, 0.5) is 0 Å². The second-order valence-electron chi connectivity index (χ2n) is 6.18. The van der Waals surface area contributed by atoms with Crippen molar-refractivity contribution in [3.63, 3.8) is 0 Å². The van der Waals surface area contributed by atoms with Gasteiger partial charge < -0.3 is 15.4 Å². The Morgan fingerprint density at radius 3 is 2.80 bits per heavy atom. The fraction of sp³-hybridized carbons (Fsp3) is 0.667. The van der Waals surface area contributed by atoms with Gasteiger partial charge in [-0.3, -0.25) is 4.79 Å². The minimum absolute atomic E-state index is 0. The van der Waals surface area contributed by atoms with Gasteiger partial charge in [-0.1, -0.05) is 6.92 Å². The summed E-state index contributed by atoms with van der Waals surface area (Å²) in [6, 6.07) is 1.54. The van der Waals surface area contributed by atoms with Gasteiger partial charge in [-0.15, -0.1) is 23.7 Å². The van der Waals surface area contributed by atoms with Gasteiger partial charge in [0.1, 0.15) is 9.77 Å². The number of hydrogen-bond acceptors (Lipinski definition) is 6. The third kappa shape index (κ3) is 4.53. The summed E-state index contributed by atoms with van der Waals surface area (Å²) in [4.78, 5) is 13.0. The smallest absolute Gasteiger partial charge is 0.263 e. The summed E-state index contributed by atoms with van der Waals surface area (Å²) in [7, 11) is -3.66. The molecule has 2 aliphatic rings. The maximum Gasteiger partial charge on any atom is 0.263 e. The van der Waals surface area contributed by atoms with E-state index in [2.05, 4.69) is 17.6 Å². The van der Waals surface area contributed by atoms with Crippen LogP contribution in [0.25, 0.3) is 0 Å². The van der Waals surface area contributed by atoms with E-state index in [1.165, 1.54) is 21.7 Å². The number of nitrogens with zero attached hydrogens (tertiary/aromatic N) is 1. The Morgan fingerprint density at radius 2 is 2.12 bits per heavy atom. The molecule has 10 heteroatoms. The van der Waals surface area contributed by atoms with Gasteiger partial charge >= 0.3 is 0 Å². The maximum absolute atomic E-state index is 12.8. The molecule has 0 aromatic carbocycles. The standard InChI is InChI=1S/C15H23N3O4S2.ClH/c1-11-2-4-16-10-12(11)17-15(19)14-13(3-9-23-14)24(20,21)18-5-7-22-8-6-18;/h3,9,11-12,16H,2,4-8,10H2,1H3,(H,17,19);1H. The molecule has 2 N–H and O–H groups in total. The highest BCUT2D eigenvalue weighted by atomic mass is 35.5. The van der Waals surface area contributed by atoms with Gasteiger partial charge in [-0.05, 0) is 30.3 Å². The van der Waals surface area contributed by atoms with E-state index in [-0.39, 0.29) is 34.1 Å². The van der Waals surface area contributed by atoms with E-state index in [4.69, 9.17) is 4.74 Å². The van der Waals surface area contributed by atoms with Gasteiger partial charge in [0.15, 0.2) is 0 Å². The molecule has 3 heterocycles. The van der Waals surface area contributed by atoms with E-state index in [0.717, 1.165) is 13.0 Å². The monoisotopic (exact) mass is 409 g/mol. The van der Waals surface area contributed by atoms with E-state index in [0.29, 0.717) is 38.8 Å². The van der Waals surface area contributed by atoms with Crippen LogP contribution in [0.15, 0.2) is 16.3 Å². The lowest BCUT2D eigenvalue weighted by Gasteiger charge is -2.30. The zero-order chi connectivity index (χ0) is 17.2. The minimum atomic E-state index is -3.66. The van der Waals surface area contributed by atoms with Crippen molar-refractivity contribution in [2.45, 2.75) is 24.3 Å². The predicted octanol–water partition coefficient (Wildman–Crippen LogP) is 0.919. The van der Waals surface area contributed by atoms with Crippen molar-refractivity contribution in [2.75, 3.05) is 39.4 Å². The lowest BCUT2D eigenvalue weighted by Crippen LogP contribution is -2.50. The van der Waals surface area contributed by atoms with Crippen LogP contribution in [-0.2, 0) is 14.8 Å². The van der Waals surface area contributed by atoms with Gasteiger partial charge in [0, 0.05) is 25.7 Å². The van der Waals surface area contributed by atoms with Crippen LogP contribution in [-0.4, -0.2) is 64.1 Å². The van der Waals surface area contributed by atoms with Crippen molar-refractivity contribution in [3.8, 4) is 0 Å². The van der Waals surface area contributed by atoms with Gasteiger partial charge in [0.2, 0.25) is 10.0 Å². The van der Waals surface area contributed by atoms with Gasteiger partial charge in [-0.2, -0.15) is 4.31 Å². The summed E-state index contributed by atoms with van der Waals surface area (Å²) < 4.78 is 32.2. The summed E-state index contributed by atoms with van der Waals surface area (Å²) in [5, 5.41) is 7.91. The molecule has 142 valence electrons. The molecular formula is C15H24ClN3O4S2. The first kappa shape index (κ1) is 20.6. The Balaban J connectivity index is 0.00000225. The molecule has 0 radical (unpaired) electrons. The third-order valence-corrected chi connectivity index (χ3v) is 7.55. The van der Waals surface area contributed by atoms with Crippen molar-refractivity contribution in [1.82, 2.24) is 14.9 Å². The number of carbonyl (C=O) groups is 1. The molecule has 2 aliphatic heterocycles. The topological polar surface area (TPSA) is 87.7 Å². The average Bonchev–Trinajstić information content (AvgIpc) is 3.08. The van der Waals surface area contributed by atoms with Crippen molar-refractivity contribution < 1.29 is 17.9 Å². The first-order valence-corrected chi connectivity index (χ1v) is 10.5. The van der Waals surface area contributed by atoms with Crippen molar-refractivity contribution in [1.29, 1.82) is 0 Å². The third-order valence-electron chi connectivity index (χ3n) is 4.57. The summed E-state index contributed by atoms with van der Waals surface area (Å²) in [5.41, 5.74) is 0. The first-order valence-electron chi connectivity index (χ1n) is 8.17. The molecule has 25 heavy (non-hydrogen) atoms. The molecule has 0 bridgehead atoms. The fourth-order valence-corrected chi connectivity index (χ4v) is 5.72. The van der Waals surface area contributed by atoms with Crippen LogP contribution in [0.3, 0.4) is 0 Å². The number of ether oxygens (including phenoxy) is 1. The molecule has 3 rings (SSSR count). The van der Waals surface area contributed by atoms with Crippen molar-refractivity contribution in [2.24, 2.45) is 5.92 Å². The lowest BCUT2D eigenvalue weighted by atomic mass is 9.95. The number of sulfonamides is 1. The number of halogens is 1. The second kappa shape index (κ2) is 8.79. The van der Waals surface area contributed by atoms with E-state index >= 15 is 0 Å². The lowest BCUT2D eigenvalue weighted by molar-refractivity contribution is 0.0730. The Hall–Kier alpha value is -0.710. The van der Waals surface area contributed by atoms with E-state index in [9.17, 15) is 13.2 Å². The van der Waals surface area contributed by atoms with Crippen LogP contribution < -0.4 is 10.6 Å². The van der Waals surface area contributed by atoms with Crippen LogP contribution >= 0.6 is 23.7 Å². The summed E-state index contributed by atoms with van der Waals surface area (Å²) in [6.45, 7) is 5.18. The normalized spacial score (nSPS) is 25.2. The van der Waals surface area contributed by atoms with E-state index in [1.54, 1.807) is 5.38 Å². The summed E-state index contributed by atoms with van der Waals surface area (Å²) >= 11 is 1.17. The average molecular weight is 410 g/mol. The predicted molar refractivity (Wildman–Crippen MR) is 99.0 cm³/mol. The number of thiophene rings is 1. The van der Waals surface area contributed by atoms with Crippen LogP contribution in [0.2, 0.25) is 0 Å². The molecule has 1 amide bonds. The molecule has 0 spiro atoms. The second-order valence-corrected chi connectivity index (χ2v) is 9.00. The number of piperidine rings is 1. The zero-order valence-corrected chi connectivity index (χ0v) is 16.5. The van der Waals surface area contributed by atoms with E-state index in [1.807, 2.05) is 0 Å². The molecule has 0 aliphatic carbocycles. The summed E-state index contributed by atoms with van der Waals surface area (Å²) in [6.07, 6.45) is 0.994. The first-order chi connectivity index (χ1) is 11.5. The number of nitrogens with one attached hydrogen (secondary N) is 2. The number of hydrogen-bond donors (Lipinski definition) is 2. The quantitative estimate of drug-likeness (QED) is 0.772. The van der Waals surface area contributed by atoms with Crippen LogP contribution in [0.5, 0.6) is 0 Å². The molecule has 0 saturated carbocycles. The largest absolute Gasteiger partial charge is 0.379 e. The number of morpholine rings is 1. The number of rotatable bonds is 4. The fourth-order valence-electron chi connectivity index (χ4n) is 3.01. The molecule has 2 fully saturated rings. The molecule has 1 aromatic rings. The zero-order valence-electron chi connectivity index (χ0n) is 14.1. The minimum Gasteiger partial charge on any atom is -0.379 e. The molecule has 2 saturated heterocycles. The van der Waals surface area contributed by atoms with Crippen LogP contribution in [0, 0.1) is 5.92 Å². The summed E-state index contributed by atoms with van der Waals surface area (Å²) in [5.74, 6) is 0.0619. The Labute approximate surface area is 158 Å². The molecule has 2 unspecified atom stereocenters.